The molecular formula is C14H15Cl2NOS. The summed E-state index contributed by atoms with van der Waals surface area (Å²) in [5.74, 6) is 0.0701. The molecule has 0 spiro atoms. The standard InChI is InChI=1S/C14H15Cl2NOS/c15-11-4-3-5-12(16)10(11)7-8-13(18)17-9-2-1-6-14(17)19/h3-5H,1-2,6-9H2. The van der Waals surface area contributed by atoms with E-state index in [0.717, 1.165) is 36.4 Å². The average Bonchev–Trinajstić information content (AvgIpc) is 2.38. The van der Waals surface area contributed by atoms with E-state index in [4.69, 9.17) is 35.4 Å². The number of nitrogens with zero attached hydrogens (tertiary/aromatic N) is 1. The van der Waals surface area contributed by atoms with Gasteiger partial charge >= 0.3 is 0 Å². The van der Waals surface area contributed by atoms with Crippen LogP contribution in [-0.4, -0.2) is 22.3 Å². The summed E-state index contributed by atoms with van der Waals surface area (Å²) in [5.41, 5.74) is 0.835. The molecule has 0 unspecified atom stereocenters. The van der Waals surface area contributed by atoms with E-state index in [1.54, 1.807) is 23.1 Å². The molecule has 1 aliphatic heterocycles. The van der Waals surface area contributed by atoms with Crippen molar-refractivity contribution in [3.05, 3.63) is 33.8 Å². The lowest BCUT2D eigenvalue weighted by molar-refractivity contribution is -0.127. The van der Waals surface area contributed by atoms with E-state index in [-0.39, 0.29) is 5.91 Å². The summed E-state index contributed by atoms with van der Waals surface area (Å²) in [4.78, 5) is 14.6. The second-order valence-corrected chi connectivity index (χ2v) is 5.88. The van der Waals surface area contributed by atoms with Crippen molar-refractivity contribution in [1.29, 1.82) is 0 Å². The van der Waals surface area contributed by atoms with Gasteiger partial charge in [-0.05, 0) is 43.4 Å². The molecule has 1 saturated heterocycles. The SMILES string of the molecule is O=C(CCc1c(Cl)cccc1Cl)N1CCCCC1=S. The molecule has 1 fully saturated rings. The van der Waals surface area contributed by atoms with Gasteiger partial charge in [-0.2, -0.15) is 0 Å². The third-order valence-corrected chi connectivity index (χ3v) is 4.41. The van der Waals surface area contributed by atoms with Crippen molar-refractivity contribution in [2.45, 2.75) is 32.1 Å². The maximum absolute atomic E-state index is 12.2. The van der Waals surface area contributed by atoms with E-state index in [1.807, 2.05) is 0 Å². The number of amides is 1. The smallest absolute Gasteiger partial charge is 0.227 e. The average molecular weight is 316 g/mol. The molecule has 1 aromatic carbocycles. The molecule has 1 aliphatic rings. The first-order valence-electron chi connectivity index (χ1n) is 6.35. The van der Waals surface area contributed by atoms with E-state index >= 15 is 0 Å². The molecule has 0 radical (unpaired) electrons. The Kier molecular flexibility index (Phi) is 5.20. The Balaban J connectivity index is 1.98. The zero-order valence-electron chi connectivity index (χ0n) is 10.5. The predicted molar refractivity (Wildman–Crippen MR) is 82.9 cm³/mol. The van der Waals surface area contributed by atoms with Crippen LogP contribution in [0.3, 0.4) is 0 Å². The van der Waals surface area contributed by atoms with E-state index in [0.29, 0.717) is 22.9 Å². The predicted octanol–water partition coefficient (Wildman–Crippen LogP) is 4.27. The van der Waals surface area contributed by atoms with Gasteiger partial charge in [0.2, 0.25) is 5.91 Å². The van der Waals surface area contributed by atoms with E-state index in [9.17, 15) is 4.79 Å². The fourth-order valence-corrected chi connectivity index (χ4v) is 3.13. The number of piperidine rings is 1. The maximum Gasteiger partial charge on any atom is 0.227 e. The number of carbonyl (C=O) groups is 1. The Hall–Kier alpha value is -0.640. The number of thiocarbonyl (C=S) groups is 1. The Bertz CT molecular complexity index is 484. The molecule has 102 valence electrons. The number of benzene rings is 1. The number of hydrogen-bond donors (Lipinski definition) is 0. The van der Waals surface area contributed by atoms with Crippen LogP contribution < -0.4 is 0 Å². The van der Waals surface area contributed by atoms with Crippen LogP contribution in [0.2, 0.25) is 10.0 Å². The van der Waals surface area contributed by atoms with Crippen molar-refractivity contribution in [2.75, 3.05) is 6.54 Å². The Morgan fingerprint density at radius 3 is 2.58 bits per heavy atom. The molecule has 0 atom stereocenters. The normalized spacial score (nSPS) is 15.7. The first-order chi connectivity index (χ1) is 9.09. The van der Waals surface area contributed by atoms with Crippen LogP contribution in [0, 0.1) is 0 Å². The minimum Gasteiger partial charge on any atom is -0.307 e. The zero-order chi connectivity index (χ0) is 13.8. The summed E-state index contributed by atoms with van der Waals surface area (Å²) in [6.07, 6.45) is 3.89. The highest BCUT2D eigenvalue weighted by atomic mass is 35.5. The summed E-state index contributed by atoms with van der Waals surface area (Å²) >= 11 is 17.4. The lowest BCUT2D eigenvalue weighted by Gasteiger charge is -2.27. The van der Waals surface area contributed by atoms with Gasteiger partial charge in [0, 0.05) is 23.0 Å². The molecule has 1 aromatic rings. The lowest BCUT2D eigenvalue weighted by atomic mass is 10.1. The summed E-state index contributed by atoms with van der Waals surface area (Å²) in [5, 5.41) is 1.23. The van der Waals surface area contributed by atoms with Crippen LogP contribution in [0.1, 0.15) is 31.2 Å². The largest absolute Gasteiger partial charge is 0.307 e. The Morgan fingerprint density at radius 1 is 1.26 bits per heavy atom. The van der Waals surface area contributed by atoms with Crippen LogP contribution in [-0.2, 0) is 11.2 Å². The monoisotopic (exact) mass is 315 g/mol. The molecule has 1 heterocycles. The van der Waals surface area contributed by atoms with Gasteiger partial charge in [-0.3, -0.25) is 4.79 Å². The molecule has 19 heavy (non-hydrogen) atoms. The number of hydrogen-bond acceptors (Lipinski definition) is 2. The molecular weight excluding hydrogens is 301 g/mol. The highest BCUT2D eigenvalue weighted by Crippen LogP contribution is 2.26. The second kappa shape index (κ2) is 6.69. The highest BCUT2D eigenvalue weighted by molar-refractivity contribution is 7.80. The van der Waals surface area contributed by atoms with E-state index < -0.39 is 0 Å². The second-order valence-electron chi connectivity index (χ2n) is 4.60. The molecule has 1 amide bonds. The minimum atomic E-state index is 0.0701. The fourth-order valence-electron chi connectivity index (χ4n) is 2.21. The molecule has 0 aromatic heterocycles. The number of halogens is 2. The lowest BCUT2D eigenvalue weighted by Crippen LogP contribution is -2.39. The Labute approximate surface area is 128 Å². The summed E-state index contributed by atoms with van der Waals surface area (Å²) < 4.78 is 0. The number of carbonyl (C=O) groups excluding carboxylic acids is 1. The van der Waals surface area contributed by atoms with Gasteiger partial charge in [0.15, 0.2) is 0 Å². The third kappa shape index (κ3) is 3.68. The molecule has 0 saturated carbocycles. The minimum absolute atomic E-state index is 0.0701. The van der Waals surface area contributed by atoms with Gasteiger partial charge < -0.3 is 4.90 Å². The summed E-state index contributed by atoms with van der Waals surface area (Å²) in [6.45, 7) is 0.744. The maximum atomic E-state index is 12.2. The van der Waals surface area contributed by atoms with Gasteiger partial charge in [-0.1, -0.05) is 41.5 Å². The summed E-state index contributed by atoms with van der Waals surface area (Å²) in [6, 6.07) is 5.38. The van der Waals surface area contributed by atoms with Gasteiger partial charge in [-0.25, -0.2) is 0 Å². The van der Waals surface area contributed by atoms with Crippen molar-refractivity contribution < 1.29 is 4.79 Å². The zero-order valence-corrected chi connectivity index (χ0v) is 12.8. The van der Waals surface area contributed by atoms with Crippen molar-refractivity contribution >= 4 is 46.3 Å². The van der Waals surface area contributed by atoms with E-state index in [2.05, 4.69) is 0 Å². The van der Waals surface area contributed by atoms with Crippen LogP contribution in [0.25, 0.3) is 0 Å². The van der Waals surface area contributed by atoms with Gasteiger partial charge in [0.1, 0.15) is 0 Å². The first kappa shape index (κ1) is 14.8. The highest BCUT2D eigenvalue weighted by Gasteiger charge is 2.21. The van der Waals surface area contributed by atoms with Crippen molar-refractivity contribution in [2.24, 2.45) is 0 Å². The third-order valence-electron chi connectivity index (χ3n) is 3.28. The molecule has 0 N–H and O–H groups in total. The topological polar surface area (TPSA) is 20.3 Å². The van der Waals surface area contributed by atoms with E-state index in [1.165, 1.54) is 0 Å². The molecule has 2 nitrogen and oxygen atoms in total. The number of likely N-dealkylation sites (tertiary alicyclic amines) is 1. The van der Waals surface area contributed by atoms with Crippen LogP contribution in [0.4, 0.5) is 0 Å². The van der Waals surface area contributed by atoms with Crippen LogP contribution in [0.5, 0.6) is 0 Å². The molecule has 0 bridgehead atoms. The van der Waals surface area contributed by atoms with Crippen LogP contribution in [0.15, 0.2) is 18.2 Å². The van der Waals surface area contributed by atoms with Gasteiger partial charge in [-0.15, -0.1) is 0 Å². The quantitative estimate of drug-likeness (QED) is 0.776. The summed E-state index contributed by atoms with van der Waals surface area (Å²) in [7, 11) is 0. The van der Waals surface area contributed by atoms with Crippen molar-refractivity contribution in [3.63, 3.8) is 0 Å². The fraction of sp³-hybridized carbons (Fsp3) is 0.429. The van der Waals surface area contributed by atoms with Crippen molar-refractivity contribution in [1.82, 2.24) is 4.90 Å². The van der Waals surface area contributed by atoms with Crippen LogP contribution >= 0.6 is 35.4 Å². The molecule has 2 rings (SSSR count). The molecule has 5 heteroatoms. The first-order valence-corrected chi connectivity index (χ1v) is 7.52. The molecule has 0 aliphatic carbocycles. The van der Waals surface area contributed by atoms with Crippen molar-refractivity contribution in [3.8, 4) is 0 Å². The van der Waals surface area contributed by atoms with Gasteiger partial charge in [0.05, 0.1) is 4.99 Å². The number of rotatable bonds is 3. The van der Waals surface area contributed by atoms with Gasteiger partial charge in [0.25, 0.3) is 0 Å². The Morgan fingerprint density at radius 2 is 1.95 bits per heavy atom.